The summed E-state index contributed by atoms with van der Waals surface area (Å²) in [6, 6.07) is 3.30. The van der Waals surface area contributed by atoms with E-state index in [4.69, 9.17) is 4.74 Å². The highest BCUT2D eigenvalue weighted by molar-refractivity contribution is 5.27. The molecule has 0 aliphatic carbocycles. The van der Waals surface area contributed by atoms with Crippen LogP contribution in [0.2, 0.25) is 0 Å². The lowest BCUT2D eigenvalue weighted by atomic mass is 10.2. The molecule has 0 spiro atoms. The molecule has 2 aromatic heterocycles. The molecule has 0 unspecified atom stereocenters. The molecular weight excluding hydrogens is 235 g/mol. The highest BCUT2D eigenvalue weighted by Gasteiger charge is 2.12. The van der Waals surface area contributed by atoms with Gasteiger partial charge in [0.25, 0.3) is 5.88 Å². The third kappa shape index (κ3) is 2.84. The van der Waals surface area contributed by atoms with Gasteiger partial charge in [0.1, 0.15) is 0 Å². The molecule has 0 fully saturated rings. The summed E-state index contributed by atoms with van der Waals surface area (Å²) in [5.41, 5.74) is 1.36. The van der Waals surface area contributed by atoms with Gasteiger partial charge in [0, 0.05) is 30.1 Å². The van der Waals surface area contributed by atoms with Crippen LogP contribution in [0, 0.1) is 12.7 Å². The summed E-state index contributed by atoms with van der Waals surface area (Å²) in [7, 11) is 0. The molecule has 0 saturated carbocycles. The monoisotopic (exact) mass is 250 g/mol. The van der Waals surface area contributed by atoms with Crippen LogP contribution in [0.15, 0.2) is 18.3 Å². The van der Waals surface area contributed by atoms with Crippen molar-refractivity contribution in [3.8, 4) is 11.8 Å². The highest BCUT2D eigenvalue weighted by atomic mass is 19.1. The number of aromatic nitrogens is 3. The lowest BCUT2D eigenvalue weighted by Crippen LogP contribution is -2.13. The van der Waals surface area contributed by atoms with Crippen LogP contribution in [0.5, 0.6) is 11.8 Å². The van der Waals surface area contributed by atoms with E-state index in [0.29, 0.717) is 18.0 Å². The minimum absolute atomic E-state index is 0.0584. The van der Waals surface area contributed by atoms with Crippen LogP contribution < -0.4 is 10.1 Å². The van der Waals surface area contributed by atoms with E-state index in [2.05, 4.69) is 20.5 Å². The van der Waals surface area contributed by atoms with E-state index in [1.807, 2.05) is 13.8 Å². The number of hydrogen-bond donors (Lipinski definition) is 2. The summed E-state index contributed by atoms with van der Waals surface area (Å²) in [5.74, 6) is -0.212. The van der Waals surface area contributed by atoms with Crippen molar-refractivity contribution in [3.05, 3.63) is 35.4 Å². The van der Waals surface area contributed by atoms with Crippen molar-refractivity contribution in [1.29, 1.82) is 0 Å². The number of aryl methyl sites for hydroxylation is 1. The molecule has 0 amide bonds. The van der Waals surface area contributed by atoms with Gasteiger partial charge in [-0.1, -0.05) is 6.92 Å². The second-order valence-corrected chi connectivity index (χ2v) is 3.86. The van der Waals surface area contributed by atoms with Crippen molar-refractivity contribution < 1.29 is 9.13 Å². The first-order valence-electron chi connectivity index (χ1n) is 5.74. The van der Waals surface area contributed by atoms with Crippen molar-refractivity contribution in [2.45, 2.75) is 20.4 Å². The molecule has 0 aromatic carbocycles. The molecule has 6 heteroatoms. The standard InChI is InChI=1S/C12H15FN4O/c1-3-14-7-9-4-5-15-12(11(9)13)18-10-6-8(2)16-17-10/h4-6,14H,3,7H2,1-2H3,(H,16,17). The van der Waals surface area contributed by atoms with Gasteiger partial charge in [-0.3, -0.25) is 5.10 Å². The predicted octanol–water partition coefficient (Wildman–Crippen LogP) is 2.15. The fraction of sp³-hybridized carbons (Fsp3) is 0.333. The normalized spacial score (nSPS) is 10.6. The number of rotatable bonds is 5. The summed E-state index contributed by atoms with van der Waals surface area (Å²) >= 11 is 0. The van der Waals surface area contributed by atoms with Gasteiger partial charge < -0.3 is 10.1 Å². The lowest BCUT2D eigenvalue weighted by molar-refractivity contribution is 0.404. The van der Waals surface area contributed by atoms with Gasteiger partial charge in [0.05, 0.1) is 0 Å². The Morgan fingerprint density at radius 1 is 1.50 bits per heavy atom. The highest BCUT2D eigenvalue weighted by Crippen LogP contribution is 2.22. The van der Waals surface area contributed by atoms with Gasteiger partial charge in [0.2, 0.25) is 5.88 Å². The lowest BCUT2D eigenvalue weighted by Gasteiger charge is -2.07. The maximum absolute atomic E-state index is 14.0. The quantitative estimate of drug-likeness (QED) is 0.853. The molecule has 2 aromatic rings. The molecule has 0 atom stereocenters. The summed E-state index contributed by atoms with van der Waals surface area (Å²) in [5, 5.41) is 9.65. The van der Waals surface area contributed by atoms with E-state index in [1.165, 1.54) is 6.20 Å². The second kappa shape index (κ2) is 5.59. The Balaban J connectivity index is 2.17. The van der Waals surface area contributed by atoms with Crippen LogP contribution in [0.1, 0.15) is 18.2 Å². The minimum atomic E-state index is -0.459. The SMILES string of the molecule is CCNCc1ccnc(Oc2cc(C)[nH]n2)c1F. The Hall–Kier alpha value is -1.95. The molecule has 2 rings (SSSR count). The number of aromatic amines is 1. The van der Waals surface area contributed by atoms with Gasteiger partial charge in [-0.15, -0.1) is 5.10 Å². The van der Waals surface area contributed by atoms with Crippen LogP contribution >= 0.6 is 0 Å². The van der Waals surface area contributed by atoms with Gasteiger partial charge in [-0.2, -0.15) is 0 Å². The first kappa shape index (κ1) is 12.5. The Labute approximate surface area is 104 Å². The molecule has 2 heterocycles. The number of nitrogens with zero attached hydrogens (tertiary/aromatic N) is 2. The summed E-state index contributed by atoms with van der Waals surface area (Å²) in [4.78, 5) is 3.87. The molecule has 18 heavy (non-hydrogen) atoms. The molecule has 5 nitrogen and oxygen atoms in total. The number of hydrogen-bond acceptors (Lipinski definition) is 4. The van der Waals surface area contributed by atoms with Crippen LogP contribution in [-0.2, 0) is 6.54 Å². The summed E-state index contributed by atoms with van der Waals surface area (Å²) in [6.45, 7) is 5.02. The fourth-order valence-corrected chi connectivity index (χ4v) is 1.47. The predicted molar refractivity (Wildman–Crippen MR) is 65.0 cm³/mol. The minimum Gasteiger partial charge on any atom is -0.416 e. The number of H-pyrrole nitrogens is 1. The Kier molecular flexibility index (Phi) is 3.88. The van der Waals surface area contributed by atoms with E-state index in [1.54, 1.807) is 12.1 Å². The maximum Gasteiger partial charge on any atom is 0.257 e. The van der Waals surface area contributed by atoms with Gasteiger partial charge >= 0.3 is 0 Å². The zero-order chi connectivity index (χ0) is 13.0. The Bertz CT molecular complexity index is 527. The molecule has 0 saturated heterocycles. The van der Waals surface area contributed by atoms with Crippen molar-refractivity contribution >= 4 is 0 Å². The van der Waals surface area contributed by atoms with Crippen LogP contribution in [0.4, 0.5) is 4.39 Å². The first-order chi connectivity index (χ1) is 8.70. The average Bonchev–Trinajstić information content (AvgIpc) is 2.76. The van der Waals surface area contributed by atoms with Crippen LogP contribution in [0.25, 0.3) is 0 Å². The van der Waals surface area contributed by atoms with Crippen molar-refractivity contribution in [2.75, 3.05) is 6.54 Å². The maximum atomic E-state index is 14.0. The number of pyridine rings is 1. The van der Waals surface area contributed by atoms with Gasteiger partial charge in [-0.05, 0) is 19.5 Å². The molecule has 0 aliphatic rings. The largest absolute Gasteiger partial charge is 0.416 e. The second-order valence-electron chi connectivity index (χ2n) is 3.86. The molecule has 2 N–H and O–H groups in total. The van der Waals surface area contributed by atoms with E-state index in [9.17, 15) is 4.39 Å². The fourth-order valence-electron chi connectivity index (χ4n) is 1.47. The van der Waals surface area contributed by atoms with E-state index in [-0.39, 0.29) is 5.88 Å². The third-order valence-electron chi connectivity index (χ3n) is 2.39. The molecular formula is C12H15FN4O. The Morgan fingerprint density at radius 3 is 3.00 bits per heavy atom. The average molecular weight is 250 g/mol. The van der Waals surface area contributed by atoms with Crippen LogP contribution in [-0.4, -0.2) is 21.7 Å². The zero-order valence-electron chi connectivity index (χ0n) is 10.3. The van der Waals surface area contributed by atoms with E-state index in [0.717, 1.165) is 12.2 Å². The molecule has 0 bridgehead atoms. The number of halogens is 1. The summed E-state index contributed by atoms with van der Waals surface area (Å²) in [6.07, 6.45) is 1.52. The zero-order valence-corrected chi connectivity index (χ0v) is 10.3. The molecule has 0 radical (unpaired) electrons. The number of nitrogens with one attached hydrogen (secondary N) is 2. The smallest absolute Gasteiger partial charge is 0.257 e. The summed E-state index contributed by atoms with van der Waals surface area (Å²) < 4.78 is 19.3. The van der Waals surface area contributed by atoms with Gasteiger partial charge in [-0.25, -0.2) is 9.37 Å². The Morgan fingerprint density at radius 2 is 2.33 bits per heavy atom. The number of ether oxygens (including phenoxy) is 1. The molecule has 0 aliphatic heterocycles. The third-order valence-corrected chi connectivity index (χ3v) is 2.39. The first-order valence-corrected chi connectivity index (χ1v) is 5.74. The van der Waals surface area contributed by atoms with E-state index < -0.39 is 5.82 Å². The van der Waals surface area contributed by atoms with Crippen LogP contribution in [0.3, 0.4) is 0 Å². The molecule has 96 valence electrons. The van der Waals surface area contributed by atoms with Gasteiger partial charge in [0.15, 0.2) is 5.82 Å². The topological polar surface area (TPSA) is 62.8 Å². The van der Waals surface area contributed by atoms with Crippen molar-refractivity contribution in [2.24, 2.45) is 0 Å². The van der Waals surface area contributed by atoms with Crippen molar-refractivity contribution in [1.82, 2.24) is 20.5 Å². The van der Waals surface area contributed by atoms with Crippen molar-refractivity contribution in [3.63, 3.8) is 0 Å². The van der Waals surface area contributed by atoms with E-state index >= 15 is 0 Å².